The highest BCUT2D eigenvalue weighted by atomic mass is 32.2. The number of benzene rings is 2. The van der Waals surface area contributed by atoms with E-state index in [1.807, 2.05) is 6.07 Å². The first-order valence-corrected chi connectivity index (χ1v) is 13.5. The summed E-state index contributed by atoms with van der Waals surface area (Å²) in [6.07, 6.45) is 4.81. The van der Waals surface area contributed by atoms with E-state index in [4.69, 9.17) is 4.74 Å². The fourth-order valence-electron chi connectivity index (χ4n) is 4.88. The zero-order chi connectivity index (χ0) is 23.4. The van der Waals surface area contributed by atoms with Crippen LogP contribution in [0.5, 0.6) is 5.75 Å². The summed E-state index contributed by atoms with van der Waals surface area (Å²) in [5.41, 5.74) is 5.68. The largest absolute Gasteiger partial charge is 0.496 e. The second-order valence-electron chi connectivity index (χ2n) is 8.69. The molecule has 1 aliphatic carbocycles. The molecule has 1 aliphatic rings. The lowest BCUT2D eigenvalue weighted by molar-refractivity contribution is 0.186. The number of hydrogen-bond donors (Lipinski definition) is 1. The third-order valence-corrected chi connectivity index (χ3v) is 8.49. The van der Waals surface area contributed by atoms with E-state index in [1.165, 1.54) is 30.4 Å². The Morgan fingerprint density at radius 2 is 1.88 bits per heavy atom. The second-order valence-corrected chi connectivity index (χ2v) is 11.0. The van der Waals surface area contributed by atoms with Crippen molar-refractivity contribution in [2.45, 2.75) is 57.0 Å². The molecular formula is C27H34N2O3S. The van der Waals surface area contributed by atoms with E-state index in [2.05, 4.69) is 47.1 Å². The number of sulfone groups is 1. The molecule has 0 saturated heterocycles. The van der Waals surface area contributed by atoms with Gasteiger partial charge in [-0.3, -0.25) is 4.90 Å². The molecule has 1 N–H and O–H groups in total. The number of aromatic nitrogens is 1. The first-order valence-electron chi connectivity index (χ1n) is 11.9. The van der Waals surface area contributed by atoms with E-state index in [0.717, 1.165) is 36.5 Å². The van der Waals surface area contributed by atoms with Crippen molar-refractivity contribution in [3.05, 3.63) is 71.4 Å². The van der Waals surface area contributed by atoms with Gasteiger partial charge in [0.15, 0.2) is 9.84 Å². The standard InChI is InChI=1S/C27H34N2O3S/c1-4-29(26-13-9-7-11-20-10-6-8-12-23(20)26)19-21-14-16-25(28-21)24-18-22(33(30,31)5-2)15-17-27(24)32-3/h6,8,10,12,14-18,26,28H,4-5,7,9,11,13,19H2,1-3H3. The van der Waals surface area contributed by atoms with E-state index in [-0.39, 0.29) is 5.75 Å². The minimum Gasteiger partial charge on any atom is -0.496 e. The Morgan fingerprint density at radius 1 is 1.06 bits per heavy atom. The maximum Gasteiger partial charge on any atom is 0.178 e. The molecule has 1 heterocycles. The molecule has 5 nitrogen and oxygen atoms in total. The van der Waals surface area contributed by atoms with E-state index in [9.17, 15) is 8.42 Å². The van der Waals surface area contributed by atoms with Crippen LogP contribution in [0, 0.1) is 0 Å². The van der Waals surface area contributed by atoms with Crippen molar-refractivity contribution >= 4 is 9.84 Å². The van der Waals surface area contributed by atoms with Crippen LogP contribution in [-0.2, 0) is 22.8 Å². The maximum atomic E-state index is 12.4. The normalized spacial score (nSPS) is 16.4. The Bertz CT molecular complexity index is 1200. The van der Waals surface area contributed by atoms with Crippen molar-refractivity contribution in [3.8, 4) is 17.0 Å². The number of nitrogens with zero attached hydrogens (tertiary/aromatic N) is 1. The van der Waals surface area contributed by atoms with Gasteiger partial charge in [0.05, 0.1) is 17.8 Å². The molecule has 0 saturated carbocycles. The Balaban J connectivity index is 1.62. The molecule has 0 fully saturated rings. The third kappa shape index (κ3) is 5.02. The first kappa shape index (κ1) is 23.6. The minimum absolute atomic E-state index is 0.0725. The number of aryl methyl sites for hydroxylation is 1. The third-order valence-electron chi connectivity index (χ3n) is 6.75. The van der Waals surface area contributed by atoms with E-state index >= 15 is 0 Å². The topological polar surface area (TPSA) is 62.4 Å². The average molecular weight is 467 g/mol. The Labute approximate surface area is 197 Å². The minimum atomic E-state index is -3.29. The number of H-pyrrole nitrogens is 1. The van der Waals surface area contributed by atoms with Crippen molar-refractivity contribution in [3.63, 3.8) is 0 Å². The van der Waals surface area contributed by atoms with Crippen LogP contribution in [0.2, 0.25) is 0 Å². The van der Waals surface area contributed by atoms with Crippen LogP contribution in [0.25, 0.3) is 11.3 Å². The summed E-state index contributed by atoms with van der Waals surface area (Å²) in [6.45, 7) is 5.65. The van der Waals surface area contributed by atoms with Crippen molar-refractivity contribution < 1.29 is 13.2 Å². The van der Waals surface area contributed by atoms with Gasteiger partial charge < -0.3 is 9.72 Å². The van der Waals surface area contributed by atoms with Crippen molar-refractivity contribution in [2.75, 3.05) is 19.4 Å². The molecule has 2 aromatic carbocycles. The SMILES string of the molecule is CCN(Cc1ccc(-c2cc(S(=O)(=O)CC)ccc2OC)[nH]1)C1CCCCc2ccccc21. The van der Waals surface area contributed by atoms with Gasteiger partial charge in [-0.05, 0) is 67.3 Å². The number of nitrogens with one attached hydrogen (secondary N) is 1. The zero-order valence-corrected chi connectivity index (χ0v) is 20.6. The van der Waals surface area contributed by atoms with Crippen molar-refractivity contribution in [1.29, 1.82) is 0 Å². The molecule has 0 aliphatic heterocycles. The van der Waals surface area contributed by atoms with E-state index in [0.29, 0.717) is 16.7 Å². The fourth-order valence-corrected chi connectivity index (χ4v) is 5.79. The molecule has 1 aromatic heterocycles. The average Bonchev–Trinajstić information content (AvgIpc) is 3.20. The van der Waals surface area contributed by atoms with Crippen LogP contribution in [0.4, 0.5) is 0 Å². The summed E-state index contributed by atoms with van der Waals surface area (Å²) >= 11 is 0. The quantitative estimate of drug-likeness (QED) is 0.428. The molecular weight excluding hydrogens is 432 g/mol. The number of fused-ring (bicyclic) bond motifs is 1. The summed E-state index contributed by atoms with van der Waals surface area (Å²) in [5.74, 6) is 0.729. The number of hydrogen-bond acceptors (Lipinski definition) is 4. The molecule has 6 heteroatoms. The summed E-state index contributed by atoms with van der Waals surface area (Å²) < 4.78 is 30.4. The van der Waals surface area contributed by atoms with Gasteiger partial charge in [-0.25, -0.2) is 8.42 Å². The first-order chi connectivity index (χ1) is 16.0. The highest BCUT2D eigenvalue weighted by Crippen LogP contribution is 2.35. The number of aromatic amines is 1. The number of rotatable bonds is 8. The molecule has 0 spiro atoms. The summed E-state index contributed by atoms with van der Waals surface area (Å²) in [7, 11) is -1.68. The predicted octanol–water partition coefficient (Wildman–Crippen LogP) is 5.77. The lowest BCUT2D eigenvalue weighted by atomic mass is 9.97. The van der Waals surface area contributed by atoms with E-state index < -0.39 is 9.84 Å². The molecule has 4 rings (SSSR count). The molecule has 33 heavy (non-hydrogen) atoms. The molecule has 1 unspecified atom stereocenters. The van der Waals surface area contributed by atoms with Crippen LogP contribution in [0.15, 0.2) is 59.5 Å². The van der Waals surface area contributed by atoms with Gasteiger partial charge in [-0.2, -0.15) is 0 Å². The second kappa shape index (κ2) is 10.1. The molecule has 0 amide bonds. The molecule has 176 valence electrons. The van der Waals surface area contributed by atoms with Crippen LogP contribution in [0.1, 0.15) is 56.0 Å². The maximum absolute atomic E-state index is 12.4. The van der Waals surface area contributed by atoms with Gasteiger partial charge in [0.25, 0.3) is 0 Å². The molecule has 3 aromatic rings. The highest BCUT2D eigenvalue weighted by molar-refractivity contribution is 7.91. The summed E-state index contributed by atoms with van der Waals surface area (Å²) in [5, 5.41) is 0. The van der Waals surface area contributed by atoms with Crippen LogP contribution >= 0.6 is 0 Å². The van der Waals surface area contributed by atoms with Gasteiger partial charge in [-0.1, -0.05) is 44.5 Å². The van der Waals surface area contributed by atoms with Gasteiger partial charge in [0.1, 0.15) is 5.75 Å². The van der Waals surface area contributed by atoms with Gasteiger partial charge >= 0.3 is 0 Å². The van der Waals surface area contributed by atoms with Crippen LogP contribution in [0.3, 0.4) is 0 Å². The van der Waals surface area contributed by atoms with Gasteiger partial charge in [0, 0.05) is 29.5 Å². The lowest BCUT2D eigenvalue weighted by Crippen LogP contribution is -2.28. The van der Waals surface area contributed by atoms with Gasteiger partial charge in [-0.15, -0.1) is 0 Å². The van der Waals surface area contributed by atoms with Crippen LogP contribution in [-0.4, -0.2) is 37.7 Å². The number of methoxy groups -OCH3 is 1. The summed E-state index contributed by atoms with van der Waals surface area (Å²) in [6, 6.07) is 18.5. The van der Waals surface area contributed by atoms with Crippen LogP contribution < -0.4 is 4.74 Å². The number of ether oxygens (including phenoxy) is 1. The Morgan fingerprint density at radius 3 is 2.64 bits per heavy atom. The molecule has 0 radical (unpaired) electrons. The summed E-state index contributed by atoms with van der Waals surface area (Å²) in [4.78, 5) is 6.39. The Kier molecular flexibility index (Phi) is 7.25. The van der Waals surface area contributed by atoms with Crippen molar-refractivity contribution in [1.82, 2.24) is 9.88 Å². The molecule has 0 bridgehead atoms. The predicted molar refractivity (Wildman–Crippen MR) is 133 cm³/mol. The fraction of sp³-hybridized carbons (Fsp3) is 0.407. The van der Waals surface area contributed by atoms with Crippen molar-refractivity contribution in [2.24, 2.45) is 0 Å². The van der Waals surface area contributed by atoms with E-state index in [1.54, 1.807) is 32.2 Å². The zero-order valence-electron chi connectivity index (χ0n) is 19.8. The highest BCUT2D eigenvalue weighted by Gasteiger charge is 2.24. The molecule has 1 atom stereocenters. The van der Waals surface area contributed by atoms with Gasteiger partial charge in [0.2, 0.25) is 0 Å². The lowest BCUT2D eigenvalue weighted by Gasteiger charge is -2.31. The Hall–Kier alpha value is -2.57. The monoisotopic (exact) mass is 466 g/mol. The smallest absolute Gasteiger partial charge is 0.178 e.